The third kappa shape index (κ3) is 5.76. The lowest BCUT2D eigenvalue weighted by Gasteiger charge is -2.21. The van der Waals surface area contributed by atoms with Gasteiger partial charge in [-0.2, -0.15) is 0 Å². The summed E-state index contributed by atoms with van der Waals surface area (Å²) < 4.78 is 0. The molecule has 11 aromatic rings. The van der Waals surface area contributed by atoms with Gasteiger partial charge in [-0.15, -0.1) is 0 Å². The number of pyridine rings is 1. The number of hydrogen-bond acceptors (Lipinski definition) is 4. The van der Waals surface area contributed by atoms with Crippen LogP contribution in [0.5, 0.6) is 0 Å². The van der Waals surface area contributed by atoms with Crippen molar-refractivity contribution < 1.29 is 0 Å². The minimum Gasteiger partial charge on any atom is -0.256 e. The third-order valence-corrected chi connectivity index (χ3v) is 13.0. The highest BCUT2D eigenvalue weighted by Crippen LogP contribution is 2.50. The Labute approximate surface area is 364 Å². The predicted molar refractivity (Wildman–Crippen MR) is 259 cm³/mol. The first-order valence-corrected chi connectivity index (χ1v) is 21.2. The minimum absolute atomic E-state index is 0.156. The number of nitrogens with zero attached hydrogens (tertiary/aromatic N) is 5. The van der Waals surface area contributed by atoms with Gasteiger partial charge in [0.25, 0.3) is 0 Å². The van der Waals surface area contributed by atoms with Crippen LogP contribution in [0.4, 0.5) is 5.69 Å². The van der Waals surface area contributed by atoms with Gasteiger partial charge in [0.05, 0.1) is 12.1 Å². The molecular weight excluding hydrogens is 767 g/mol. The van der Waals surface area contributed by atoms with Crippen molar-refractivity contribution in [3.05, 3.63) is 211 Å². The molecule has 2 heterocycles. The summed E-state index contributed by atoms with van der Waals surface area (Å²) in [5.74, 6) is 1.87. The lowest BCUT2D eigenvalue weighted by atomic mass is 9.82. The predicted octanol–water partition coefficient (Wildman–Crippen LogP) is 15.1. The van der Waals surface area contributed by atoms with Crippen LogP contribution >= 0.6 is 0 Å². The van der Waals surface area contributed by atoms with E-state index in [-0.39, 0.29) is 5.41 Å². The van der Waals surface area contributed by atoms with Crippen molar-refractivity contribution in [1.29, 1.82) is 0 Å². The van der Waals surface area contributed by atoms with Crippen molar-refractivity contribution in [2.45, 2.75) is 19.3 Å². The molecule has 9 aromatic carbocycles. The average Bonchev–Trinajstić information content (AvgIpc) is 3.58. The van der Waals surface area contributed by atoms with Crippen LogP contribution in [-0.4, -0.2) is 19.9 Å². The molecule has 0 saturated carbocycles. The number of rotatable bonds is 5. The zero-order valence-corrected chi connectivity index (χ0v) is 34.6. The lowest BCUT2D eigenvalue weighted by molar-refractivity contribution is 0.660. The van der Waals surface area contributed by atoms with Gasteiger partial charge in [0.15, 0.2) is 23.2 Å². The maximum Gasteiger partial charge on any atom is 0.194 e. The highest BCUT2D eigenvalue weighted by Gasteiger charge is 2.35. The second-order valence-electron chi connectivity index (χ2n) is 16.9. The van der Waals surface area contributed by atoms with Crippen molar-refractivity contribution in [1.82, 2.24) is 19.9 Å². The topological polar surface area (TPSA) is 55.9 Å². The molecule has 0 aliphatic heterocycles. The molecule has 0 unspecified atom stereocenters. The van der Waals surface area contributed by atoms with E-state index in [0.29, 0.717) is 23.2 Å². The van der Waals surface area contributed by atoms with Crippen molar-refractivity contribution in [3.8, 4) is 67.5 Å². The third-order valence-electron chi connectivity index (χ3n) is 13.0. The highest BCUT2D eigenvalue weighted by molar-refractivity contribution is 6.24. The van der Waals surface area contributed by atoms with Crippen molar-refractivity contribution in [2.75, 3.05) is 0 Å². The summed E-state index contributed by atoms with van der Waals surface area (Å²) in [4.78, 5) is 24.4. The summed E-state index contributed by atoms with van der Waals surface area (Å²) in [6, 6.07) is 63.7. The normalized spacial score (nSPS) is 12.7. The Kier molecular flexibility index (Phi) is 8.19. The van der Waals surface area contributed by atoms with Gasteiger partial charge in [0, 0.05) is 39.3 Å². The molecule has 0 spiro atoms. The first-order valence-electron chi connectivity index (χ1n) is 21.2. The fourth-order valence-corrected chi connectivity index (χ4v) is 9.90. The van der Waals surface area contributed by atoms with Crippen molar-refractivity contribution in [3.63, 3.8) is 0 Å². The molecule has 0 bridgehead atoms. The number of fused-ring (bicyclic) bond motifs is 9. The molecular formula is C58H37N5. The number of benzene rings is 9. The van der Waals surface area contributed by atoms with Crippen LogP contribution < -0.4 is 0 Å². The molecule has 5 nitrogen and oxygen atoms in total. The van der Waals surface area contributed by atoms with E-state index in [9.17, 15) is 0 Å². The smallest absolute Gasteiger partial charge is 0.194 e. The van der Waals surface area contributed by atoms with Crippen LogP contribution in [-0.2, 0) is 5.41 Å². The van der Waals surface area contributed by atoms with Crippen LogP contribution in [0.15, 0.2) is 188 Å². The summed E-state index contributed by atoms with van der Waals surface area (Å²) in [6.45, 7) is 12.4. The fourth-order valence-electron chi connectivity index (χ4n) is 9.90. The summed E-state index contributed by atoms with van der Waals surface area (Å²) in [6.07, 6.45) is 1.88. The first kappa shape index (κ1) is 36.5. The summed E-state index contributed by atoms with van der Waals surface area (Å²) in [5, 5.41) is 7.67. The standard InChI is InChI=1S/C58H37N5/c1-58(2)51-25-12-11-22-43(51)44-27-26-38(32-52(44)58)57-62-55(35-15-5-4-6-16-35)61-56(63-57)37-18-13-17-36(31-37)47-33-49-41-21-8-7-20-40(41)48(34-50(49)46-24-14-30-60-54(46)47)42-28-29-53(59-3)45-23-10-9-19-39(42)45/h4-34H,1-2H3. The molecule has 0 radical (unpaired) electrons. The fraction of sp³-hybridized carbons (Fsp3) is 0.0517. The van der Waals surface area contributed by atoms with E-state index in [2.05, 4.69) is 158 Å². The van der Waals surface area contributed by atoms with Crippen LogP contribution in [0.1, 0.15) is 25.0 Å². The Balaban J connectivity index is 1.03. The zero-order valence-electron chi connectivity index (χ0n) is 34.6. The maximum atomic E-state index is 7.83. The second-order valence-corrected chi connectivity index (χ2v) is 16.9. The van der Waals surface area contributed by atoms with Gasteiger partial charge in [0.2, 0.25) is 0 Å². The van der Waals surface area contributed by atoms with Gasteiger partial charge in [-0.1, -0.05) is 166 Å². The lowest BCUT2D eigenvalue weighted by Crippen LogP contribution is -2.15. The molecule has 0 amide bonds. The van der Waals surface area contributed by atoms with Gasteiger partial charge >= 0.3 is 0 Å². The second kappa shape index (κ2) is 14.1. The summed E-state index contributed by atoms with van der Waals surface area (Å²) in [5.41, 5.74) is 13.6. The molecule has 0 atom stereocenters. The van der Waals surface area contributed by atoms with Gasteiger partial charge < -0.3 is 0 Å². The van der Waals surface area contributed by atoms with E-state index in [0.717, 1.165) is 82.2 Å². The van der Waals surface area contributed by atoms with Crippen LogP contribution in [0.2, 0.25) is 0 Å². The Morgan fingerprint density at radius 3 is 1.75 bits per heavy atom. The Morgan fingerprint density at radius 1 is 0.381 bits per heavy atom. The number of aromatic nitrogens is 4. The molecule has 5 heteroatoms. The minimum atomic E-state index is -0.156. The molecule has 1 aliphatic rings. The van der Waals surface area contributed by atoms with Crippen molar-refractivity contribution >= 4 is 48.9 Å². The Hall–Kier alpha value is -8.33. The molecule has 0 fully saturated rings. The van der Waals surface area contributed by atoms with E-state index < -0.39 is 0 Å². The molecule has 294 valence electrons. The van der Waals surface area contributed by atoms with E-state index in [4.69, 9.17) is 26.5 Å². The molecule has 12 rings (SSSR count). The van der Waals surface area contributed by atoms with E-state index in [1.807, 2.05) is 48.7 Å². The van der Waals surface area contributed by atoms with Crippen LogP contribution in [0.3, 0.4) is 0 Å². The van der Waals surface area contributed by atoms with E-state index in [1.54, 1.807) is 0 Å². The van der Waals surface area contributed by atoms with Gasteiger partial charge in [-0.3, -0.25) is 4.98 Å². The molecule has 0 N–H and O–H groups in total. The number of hydrogen-bond donors (Lipinski definition) is 0. The average molecular weight is 804 g/mol. The maximum absolute atomic E-state index is 7.83. The quantitative estimate of drug-likeness (QED) is 0.128. The van der Waals surface area contributed by atoms with E-state index in [1.165, 1.54) is 22.3 Å². The first-order chi connectivity index (χ1) is 30.9. The molecule has 2 aromatic heterocycles. The molecule has 63 heavy (non-hydrogen) atoms. The SMILES string of the molecule is [C-]#[N+]c1ccc(-c2cc3c4cccnc4c(-c4cccc(-c5nc(-c6ccccc6)nc(-c6ccc7c(c6)C(C)(C)c6ccccc6-7)n5)c4)cc3c3ccccc23)c2ccccc12. The van der Waals surface area contributed by atoms with Crippen LogP contribution in [0, 0.1) is 6.57 Å². The molecule has 0 saturated heterocycles. The van der Waals surface area contributed by atoms with Crippen LogP contribution in [0.25, 0.3) is 116 Å². The van der Waals surface area contributed by atoms with E-state index >= 15 is 0 Å². The molecule has 1 aliphatic carbocycles. The Bertz CT molecular complexity index is 3730. The van der Waals surface area contributed by atoms with Gasteiger partial charge in [0.1, 0.15) is 0 Å². The van der Waals surface area contributed by atoms with Gasteiger partial charge in [-0.05, 0) is 102 Å². The van der Waals surface area contributed by atoms with Gasteiger partial charge in [-0.25, -0.2) is 19.8 Å². The monoisotopic (exact) mass is 803 g/mol. The highest BCUT2D eigenvalue weighted by atomic mass is 15.0. The summed E-state index contributed by atoms with van der Waals surface area (Å²) >= 11 is 0. The zero-order chi connectivity index (χ0) is 42.2. The largest absolute Gasteiger partial charge is 0.256 e. The Morgan fingerprint density at radius 2 is 0.952 bits per heavy atom. The van der Waals surface area contributed by atoms with Crippen molar-refractivity contribution in [2.24, 2.45) is 0 Å². The summed E-state index contributed by atoms with van der Waals surface area (Å²) in [7, 11) is 0.